The van der Waals surface area contributed by atoms with Crippen molar-refractivity contribution in [3.8, 4) is 0 Å². The molecule has 0 bridgehead atoms. The first kappa shape index (κ1) is 18.7. The number of sulfonamides is 1. The van der Waals surface area contributed by atoms with E-state index in [1.807, 2.05) is 0 Å². The number of nitro groups is 1. The van der Waals surface area contributed by atoms with Crippen LogP contribution in [0.15, 0.2) is 41.3 Å². The highest BCUT2D eigenvalue weighted by Crippen LogP contribution is 2.30. The second-order valence-corrected chi connectivity index (χ2v) is 7.07. The number of anilines is 1. The monoisotopic (exact) mass is 371 g/mol. The molecule has 0 aromatic heterocycles. The molecule has 0 aliphatic carbocycles. The van der Waals surface area contributed by atoms with Gasteiger partial charge in [0.1, 0.15) is 5.69 Å². The fourth-order valence-corrected chi connectivity index (χ4v) is 2.92. The zero-order valence-electron chi connectivity index (χ0n) is 13.3. The summed E-state index contributed by atoms with van der Waals surface area (Å²) in [5.41, 5.74) is -0.0248. The van der Waals surface area contributed by atoms with Crippen LogP contribution in [0.5, 0.6) is 0 Å². The molecule has 0 aliphatic rings. The number of hydrogen-bond donors (Lipinski definition) is 2. The number of hydrogen-bond acceptors (Lipinski definition) is 5. The quantitative estimate of drug-likeness (QED) is 0.600. The second kappa shape index (κ2) is 7.11. The zero-order chi connectivity index (χ0) is 18.8. The summed E-state index contributed by atoms with van der Waals surface area (Å²) < 4.78 is 51.9. The number of rotatable bonds is 6. The van der Waals surface area contributed by atoms with Gasteiger partial charge in [-0.25, -0.2) is 21.9 Å². The van der Waals surface area contributed by atoms with Gasteiger partial charge in [0.2, 0.25) is 10.0 Å². The minimum absolute atomic E-state index is 0.0530. The Morgan fingerprint density at radius 2 is 1.80 bits per heavy atom. The van der Waals surface area contributed by atoms with E-state index in [9.17, 15) is 27.3 Å². The van der Waals surface area contributed by atoms with Crippen LogP contribution in [-0.2, 0) is 10.0 Å². The second-order valence-electron chi connectivity index (χ2n) is 5.18. The largest absolute Gasteiger partial charge is 0.373 e. The number of benzene rings is 2. The maximum absolute atomic E-state index is 13.3. The number of nitrogens with zero attached hydrogens (tertiary/aromatic N) is 1. The fourth-order valence-electron chi connectivity index (χ4n) is 2.17. The van der Waals surface area contributed by atoms with Gasteiger partial charge in [-0.15, -0.1) is 0 Å². The third-order valence-electron chi connectivity index (χ3n) is 3.56. The molecule has 25 heavy (non-hydrogen) atoms. The van der Waals surface area contributed by atoms with Crippen molar-refractivity contribution in [3.05, 3.63) is 63.7 Å². The minimum atomic E-state index is -3.84. The number of nitrogens with one attached hydrogen (secondary N) is 2. The molecule has 0 unspecified atom stereocenters. The molecule has 0 amide bonds. The molecule has 1 atom stereocenters. The maximum atomic E-state index is 13.3. The Morgan fingerprint density at radius 1 is 1.12 bits per heavy atom. The molecule has 2 aromatic carbocycles. The van der Waals surface area contributed by atoms with Gasteiger partial charge in [-0.3, -0.25) is 10.1 Å². The first-order chi connectivity index (χ1) is 11.7. The van der Waals surface area contributed by atoms with Gasteiger partial charge in [-0.2, -0.15) is 0 Å². The van der Waals surface area contributed by atoms with Gasteiger partial charge in [0.15, 0.2) is 11.6 Å². The van der Waals surface area contributed by atoms with Crippen LogP contribution in [-0.4, -0.2) is 20.4 Å². The van der Waals surface area contributed by atoms with Crippen LogP contribution in [0.2, 0.25) is 0 Å². The van der Waals surface area contributed by atoms with Gasteiger partial charge in [-0.05, 0) is 43.8 Å². The van der Waals surface area contributed by atoms with E-state index in [1.165, 1.54) is 25.2 Å². The molecule has 134 valence electrons. The van der Waals surface area contributed by atoms with Crippen LogP contribution in [0.3, 0.4) is 0 Å². The highest BCUT2D eigenvalue weighted by atomic mass is 32.2. The molecule has 0 fully saturated rings. The summed E-state index contributed by atoms with van der Waals surface area (Å²) in [5.74, 6) is -2.03. The van der Waals surface area contributed by atoms with Crippen LogP contribution in [0.4, 0.5) is 20.2 Å². The molecule has 0 aliphatic heterocycles. The Balaban J connectivity index is 2.38. The van der Waals surface area contributed by atoms with Crippen LogP contribution >= 0.6 is 0 Å². The third kappa shape index (κ3) is 4.09. The lowest BCUT2D eigenvalue weighted by molar-refractivity contribution is -0.384. The van der Waals surface area contributed by atoms with Gasteiger partial charge in [0, 0.05) is 12.1 Å². The van der Waals surface area contributed by atoms with E-state index in [1.54, 1.807) is 6.92 Å². The average Bonchev–Trinajstić information content (AvgIpc) is 2.57. The molecule has 10 heteroatoms. The summed E-state index contributed by atoms with van der Waals surface area (Å²) in [7, 11) is -2.64. The molecule has 2 aromatic rings. The molecule has 0 radical (unpaired) electrons. The molecular weight excluding hydrogens is 356 g/mol. The molecule has 2 N–H and O–H groups in total. The predicted octanol–water partition coefficient (Wildman–Crippen LogP) is 2.95. The first-order valence-corrected chi connectivity index (χ1v) is 8.57. The van der Waals surface area contributed by atoms with Crippen LogP contribution in [0.1, 0.15) is 18.5 Å². The van der Waals surface area contributed by atoms with E-state index < -0.39 is 38.3 Å². The van der Waals surface area contributed by atoms with E-state index in [2.05, 4.69) is 10.0 Å². The van der Waals surface area contributed by atoms with Crippen LogP contribution < -0.4 is 10.0 Å². The minimum Gasteiger partial charge on any atom is -0.373 e. The Labute approximate surface area is 142 Å². The summed E-state index contributed by atoms with van der Waals surface area (Å²) in [6.07, 6.45) is 0. The Hall–Kier alpha value is -2.59. The van der Waals surface area contributed by atoms with E-state index in [0.29, 0.717) is 5.56 Å². The van der Waals surface area contributed by atoms with Gasteiger partial charge < -0.3 is 5.32 Å². The average molecular weight is 371 g/mol. The van der Waals surface area contributed by atoms with Crippen molar-refractivity contribution in [2.24, 2.45) is 0 Å². The highest BCUT2D eigenvalue weighted by Gasteiger charge is 2.21. The van der Waals surface area contributed by atoms with Crippen molar-refractivity contribution in [2.75, 3.05) is 12.4 Å². The standard InChI is InChI=1S/C15H15F2N3O4S/c1-9(10-3-5-12(16)13(17)7-10)19-14-6-4-11(25(23,24)18-2)8-15(14)20(21)22/h3-9,18-19H,1-2H3/t9-/m1/s1. The highest BCUT2D eigenvalue weighted by molar-refractivity contribution is 7.89. The topological polar surface area (TPSA) is 101 Å². The summed E-state index contributed by atoms with van der Waals surface area (Å²) in [6, 6.07) is 6.09. The predicted molar refractivity (Wildman–Crippen MR) is 87.7 cm³/mol. The first-order valence-electron chi connectivity index (χ1n) is 7.09. The van der Waals surface area contributed by atoms with Crippen molar-refractivity contribution in [1.29, 1.82) is 0 Å². The molecule has 0 saturated heterocycles. The van der Waals surface area contributed by atoms with Gasteiger partial charge in [0.25, 0.3) is 5.69 Å². The zero-order valence-corrected chi connectivity index (χ0v) is 14.1. The summed E-state index contributed by atoms with van der Waals surface area (Å²) in [5, 5.41) is 14.1. The van der Waals surface area contributed by atoms with Crippen molar-refractivity contribution in [3.63, 3.8) is 0 Å². The summed E-state index contributed by atoms with van der Waals surface area (Å²) >= 11 is 0. The molecule has 2 rings (SSSR count). The molecule has 0 spiro atoms. The smallest absolute Gasteiger partial charge is 0.293 e. The van der Waals surface area contributed by atoms with Gasteiger partial charge >= 0.3 is 0 Å². The van der Waals surface area contributed by atoms with E-state index in [-0.39, 0.29) is 10.6 Å². The number of nitro benzene ring substituents is 1. The van der Waals surface area contributed by atoms with E-state index in [4.69, 9.17) is 0 Å². The lowest BCUT2D eigenvalue weighted by Crippen LogP contribution is -2.19. The maximum Gasteiger partial charge on any atom is 0.293 e. The molecular formula is C15H15F2N3O4S. The van der Waals surface area contributed by atoms with Crippen molar-refractivity contribution < 1.29 is 22.1 Å². The normalized spacial score (nSPS) is 12.6. The van der Waals surface area contributed by atoms with Crippen molar-refractivity contribution in [1.82, 2.24) is 4.72 Å². The Kier molecular flexibility index (Phi) is 5.33. The summed E-state index contributed by atoms with van der Waals surface area (Å²) in [4.78, 5) is 10.3. The van der Waals surface area contributed by atoms with E-state index in [0.717, 1.165) is 18.2 Å². The third-order valence-corrected chi connectivity index (χ3v) is 4.97. The molecule has 7 nitrogen and oxygen atoms in total. The number of halogens is 2. The van der Waals surface area contributed by atoms with E-state index >= 15 is 0 Å². The van der Waals surface area contributed by atoms with Crippen molar-refractivity contribution in [2.45, 2.75) is 17.9 Å². The lowest BCUT2D eigenvalue weighted by Gasteiger charge is -2.16. The van der Waals surface area contributed by atoms with Gasteiger partial charge in [0.05, 0.1) is 9.82 Å². The molecule has 0 saturated carbocycles. The Morgan fingerprint density at radius 3 is 2.36 bits per heavy atom. The Bertz CT molecular complexity index is 919. The SMILES string of the molecule is CNS(=O)(=O)c1ccc(N[C@H](C)c2ccc(F)c(F)c2)c([N+](=O)[O-])c1. The van der Waals surface area contributed by atoms with Crippen molar-refractivity contribution >= 4 is 21.4 Å². The van der Waals surface area contributed by atoms with Gasteiger partial charge in [-0.1, -0.05) is 6.07 Å². The fraction of sp³-hybridized carbons (Fsp3) is 0.200. The van der Waals surface area contributed by atoms with Crippen LogP contribution in [0.25, 0.3) is 0 Å². The molecule has 0 heterocycles. The lowest BCUT2D eigenvalue weighted by atomic mass is 10.1. The summed E-state index contributed by atoms with van der Waals surface area (Å²) in [6.45, 7) is 1.61. The van der Waals surface area contributed by atoms with Crippen LogP contribution in [0, 0.1) is 21.7 Å².